The molecular weight excluding hydrogens is 492 g/mol. The molecule has 5 N–H and O–H groups in total. The van der Waals surface area contributed by atoms with Gasteiger partial charge in [-0.3, -0.25) is 14.4 Å². The standard InChI is InChI=1S/C27H34N4O7/c1-18(2)13-22(26(35)36)31-25(34)21(14-19-9-5-3-6-10-19)30-24(33)16-28-23(32)15-29-27(37)38-17-20-11-7-4-8-12-20/h3-12,18,21-22H,13-17H2,1-2H3,(H,28,32)(H,29,37)(H,30,33)(H,31,34)(H,35,36)/t21-,22-/m0/s1. The van der Waals surface area contributed by atoms with E-state index in [1.807, 2.05) is 19.9 Å². The first-order valence-corrected chi connectivity index (χ1v) is 12.2. The molecule has 0 aliphatic carbocycles. The van der Waals surface area contributed by atoms with Crippen molar-refractivity contribution in [3.05, 3.63) is 71.8 Å². The van der Waals surface area contributed by atoms with E-state index in [1.54, 1.807) is 54.6 Å². The Kier molecular flexibility index (Phi) is 12.3. The number of alkyl carbamates (subject to hydrolysis) is 1. The zero-order valence-electron chi connectivity index (χ0n) is 21.4. The van der Waals surface area contributed by atoms with Crippen LogP contribution in [-0.2, 0) is 36.9 Å². The summed E-state index contributed by atoms with van der Waals surface area (Å²) >= 11 is 0. The molecule has 2 atom stereocenters. The van der Waals surface area contributed by atoms with Crippen LogP contribution in [0.2, 0.25) is 0 Å². The lowest BCUT2D eigenvalue weighted by atomic mass is 10.0. The maximum absolute atomic E-state index is 12.9. The lowest BCUT2D eigenvalue weighted by Gasteiger charge is -2.22. The minimum Gasteiger partial charge on any atom is -0.480 e. The van der Waals surface area contributed by atoms with Gasteiger partial charge in [0, 0.05) is 6.42 Å². The van der Waals surface area contributed by atoms with Crippen LogP contribution in [0, 0.1) is 5.92 Å². The van der Waals surface area contributed by atoms with Gasteiger partial charge < -0.3 is 31.1 Å². The predicted molar refractivity (Wildman–Crippen MR) is 139 cm³/mol. The Morgan fingerprint density at radius 3 is 1.92 bits per heavy atom. The number of carbonyl (C=O) groups excluding carboxylic acids is 4. The van der Waals surface area contributed by atoms with Gasteiger partial charge in [0.25, 0.3) is 0 Å². The molecule has 204 valence electrons. The van der Waals surface area contributed by atoms with Crippen LogP contribution in [-0.4, -0.2) is 60.1 Å². The number of aliphatic carboxylic acids is 1. The molecule has 2 aromatic carbocycles. The molecule has 0 aliphatic heterocycles. The number of carbonyl (C=O) groups is 5. The summed E-state index contributed by atoms with van der Waals surface area (Å²) < 4.78 is 5.02. The van der Waals surface area contributed by atoms with E-state index in [2.05, 4.69) is 21.3 Å². The molecule has 4 amide bonds. The monoisotopic (exact) mass is 526 g/mol. The molecule has 11 nitrogen and oxygen atoms in total. The predicted octanol–water partition coefficient (Wildman–Crippen LogP) is 1.37. The number of carboxylic acids is 1. The zero-order chi connectivity index (χ0) is 27.9. The maximum atomic E-state index is 12.9. The van der Waals surface area contributed by atoms with Gasteiger partial charge in [0.1, 0.15) is 25.2 Å². The van der Waals surface area contributed by atoms with Crippen LogP contribution in [0.15, 0.2) is 60.7 Å². The highest BCUT2D eigenvalue weighted by atomic mass is 16.5. The van der Waals surface area contributed by atoms with Crippen molar-refractivity contribution in [3.63, 3.8) is 0 Å². The Balaban J connectivity index is 1.86. The molecule has 11 heteroatoms. The molecule has 0 radical (unpaired) electrons. The van der Waals surface area contributed by atoms with Crippen molar-refractivity contribution in [1.82, 2.24) is 21.3 Å². The molecule has 2 rings (SSSR count). The summed E-state index contributed by atoms with van der Waals surface area (Å²) in [7, 11) is 0. The second kappa shape index (κ2) is 15.6. The van der Waals surface area contributed by atoms with Crippen LogP contribution in [0.4, 0.5) is 4.79 Å². The zero-order valence-corrected chi connectivity index (χ0v) is 21.4. The van der Waals surface area contributed by atoms with Crippen LogP contribution < -0.4 is 21.3 Å². The number of rotatable bonds is 14. The second-order valence-corrected chi connectivity index (χ2v) is 9.03. The summed E-state index contributed by atoms with van der Waals surface area (Å²) in [5.74, 6) is -3.08. The molecular formula is C27H34N4O7. The number of hydrogen-bond donors (Lipinski definition) is 5. The minimum atomic E-state index is -1.17. The molecule has 0 unspecified atom stereocenters. The molecule has 0 aliphatic rings. The number of carboxylic acid groups (broad SMARTS) is 1. The van der Waals surface area contributed by atoms with E-state index < -0.39 is 55.0 Å². The van der Waals surface area contributed by atoms with Crippen LogP contribution in [0.25, 0.3) is 0 Å². The van der Waals surface area contributed by atoms with Gasteiger partial charge in [0.15, 0.2) is 0 Å². The molecule has 0 aromatic heterocycles. The van der Waals surface area contributed by atoms with E-state index in [-0.39, 0.29) is 25.4 Å². The molecule has 0 saturated heterocycles. The topological polar surface area (TPSA) is 163 Å². The highest BCUT2D eigenvalue weighted by Gasteiger charge is 2.27. The smallest absolute Gasteiger partial charge is 0.407 e. The first-order chi connectivity index (χ1) is 18.1. The third kappa shape index (κ3) is 11.5. The van der Waals surface area contributed by atoms with Gasteiger partial charge in [-0.05, 0) is 23.5 Å². The largest absolute Gasteiger partial charge is 0.480 e. The molecule has 0 heterocycles. The van der Waals surface area contributed by atoms with Crippen LogP contribution in [0.3, 0.4) is 0 Å². The van der Waals surface area contributed by atoms with Crippen LogP contribution >= 0.6 is 0 Å². The first kappa shape index (κ1) is 29.8. The van der Waals surface area contributed by atoms with E-state index in [0.29, 0.717) is 0 Å². The lowest BCUT2D eigenvalue weighted by Crippen LogP contribution is -2.54. The van der Waals surface area contributed by atoms with Gasteiger partial charge in [-0.15, -0.1) is 0 Å². The van der Waals surface area contributed by atoms with E-state index in [0.717, 1.165) is 11.1 Å². The Morgan fingerprint density at radius 1 is 0.763 bits per heavy atom. The third-order valence-electron chi connectivity index (χ3n) is 5.31. The average molecular weight is 527 g/mol. The lowest BCUT2D eigenvalue weighted by molar-refractivity contribution is -0.142. The Bertz CT molecular complexity index is 1080. The number of amides is 4. The summed E-state index contributed by atoms with van der Waals surface area (Å²) in [5.41, 5.74) is 1.54. The summed E-state index contributed by atoms with van der Waals surface area (Å²) in [4.78, 5) is 60.9. The van der Waals surface area contributed by atoms with Crippen molar-refractivity contribution in [3.8, 4) is 0 Å². The Hall–Kier alpha value is -4.41. The van der Waals surface area contributed by atoms with Crippen molar-refractivity contribution in [2.24, 2.45) is 5.92 Å². The van der Waals surface area contributed by atoms with Crippen molar-refractivity contribution < 1.29 is 33.8 Å². The van der Waals surface area contributed by atoms with E-state index in [9.17, 15) is 29.1 Å². The number of hydrogen-bond acceptors (Lipinski definition) is 6. The fourth-order valence-corrected chi connectivity index (χ4v) is 3.44. The van der Waals surface area contributed by atoms with Crippen molar-refractivity contribution in [2.75, 3.05) is 13.1 Å². The number of nitrogens with one attached hydrogen (secondary N) is 4. The van der Waals surface area contributed by atoms with E-state index >= 15 is 0 Å². The summed E-state index contributed by atoms with van der Waals surface area (Å²) in [5, 5.41) is 19.2. The van der Waals surface area contributed by atoms with Crippen LogP contribution in [0.1, 0.15) is 31.4 Å². The second-order valence-electron chi connectivity index (χ2n) is 9.03. The van der Waals surface area contributed by atoms with E-state index in [4.69, 9.17) is 4.74 Å². The molecule has 2 aromatic rings. The molecule has 38 heavy (non-hydrogen) atoms. The Morgan fingerprint density at radius 2 is 1.34 bits per heavy atom. The van der Waals surface area contributed by atoms with Gasteiger partial charge in [-0.2, -0.15) is 0 Å². The minimum absolute atomic E-state index is 0.0259. The molecule has 0 saturated carbocycles. The molecule has 0 bridgehead atoms. The van der Waals surface area contributed by atoms with Crippen molar-refractivity contribution >= 4 is 29.8 Å². The molecule has 0 spiro atoms. The summed E-state index contributed by atoms with van der Waals surface area (Å²) in [6, 6.07) is 15.8. The van der Waals surface area contributed by atoms with Gasteiger partial charge in [-0.1, -0.05) is 74.5 Å². The third-order valence-corrected chi connectivity index (χ3v) is 5.31. The number of ether oxygens (including phenoxy) is 1. The van der Waals surface area contributed by atoms with Crippen molar-refractivity contribution in [1.29, 1.82) is 0 Å². The van der Waals surface area contributed by atoms with Gasteiger partial charge in [0.05, 0.1) is 6.54 Å². The van der Waals surface area contributed by atoms with Gasteiger partial charge in [-0.25, -0.2) is 9.59 Å². The normalized spacial score (nSPS) is 12.1. The SMILES string of the molecule is CC(C)C[C@H](NC(=O)[C@H](Cc1ccccc1)NC(=O)CNC(=O)CNC(=O)OCc1ccccc1)C(=O)O. The quantitative estimate of drug-likeness (QED) is 0.248. The first-order valence-electron chi connectivity index (χ1n) is 12.2. The fourth-order valence-electron chi connectivity index (χ4n) is 3.44. The van der Waals surface area contributed by atoms with Gasteiger partial charge in [0.2, 0.25) is 17.7 Å². The highest BCUT2D eigenvalue weighted by molar-refractivity contribution is 5.92. The number of benzene rings is 2. The van der Waals surface area contributed by atoms with Gasteiger partial charge >= 0.3 is 12.1 Å². The maximum Gasteiger partial charge on any atom is 0.407 e. The average Bonchev–Trinajstić information content (AvgIpc) is 2.89. The fraction of sp³-hybridized carbons (Fsp3) is 0.370. The van der Waals surface area contributed by atoms with Crippen LogP contribution in [0.5, 0.6) is 0 Å². The van der Waals surface area contributed by atoms with Crippen molar-refractivity contribution in [2.45, 2.75) is 45.4 Å². The van der Waals surface area contributed by atoms with E-state index in [1.165, 1.54) is 0 Å². The highest BCUT2D eigenvalue weighted by Crippen LogP contribution is 2.08. The summed E-state index contributed by atoms with van der Waals surface area (Å²) in [6.07, 6.45) is -0.443. The Labute approximate surface area is 221 Å². The summed E-state index contributed by atoms with van der Waals surface area (Å²) in [6.45, 7) is 2.86. The molecule has 0 fully saturated rings.